The zero-order valence-electron chi connectivity index (χ0n) is 54.5. The Morgan fingerprint density at radius 1 is 0.464 bits per heavy atom. The first-order valence-electron chi connectivity index (χ1n) is 35.6. The van der Waals surface area contributed by atoms with Gasteiger partial charge in [0.1, 0.15) is 24.4 Å². The van der Waals surface area contributed by atoms with Crippen LogP contribution in [0.1, 0.15) is 329 Å². The summed E-state index contributed by atoms with van der Waals surface area (Å²) in [5, 5.41) is 57.2. The molecule has 0 aliphatic carbocycles. The molecular formula is C73H133NO10. The van der Waals surface area contributed by atoms with Crippen LogP contribution in [0.2, 0.25) is 0 Å². The summed E-state index contributed by atoms with van der Waals surface area (Å²) >= 11 is 0. The fraction of sp³-hybridized carbons (Fsp3) is 0.836. The van der Waals surface area contributed by atoms with E-state index in [1.807, 2.05) is 6.08 Å². The second-order valence-corrected chi connectivity index (χ2v) is 24.6. The maximum atomic E-state index is 13.5. The van der Waals surface area contributed by atoms with Gasteiger partial charge in [0.2, 0.25) is 5.91 Å². The van der Waals surface area contributed by atoms with Crippen molar-refractivity contribution in [2.24, 2.45) is 0 Å². The quantitative estimate of drug-likeness (QED) is 0.0195. The maximum absolute atomic E-state index is 13.5. The largest absolute Gasteiger partial charge is 0.454 e. The lowest BCUT2D eigenvalue weighted by atomic mass is 9.99. The van der Waals surface area contributed by atoms with E-state index >= 15 is 0 Å². The van der Waals surface area contributed by atoms with E-state index in [9.17, 15) is 35.1 Å². The number of nitrogens with one attached hydrogen (secondary N) is 1. The first-order chi connectivity index (χ1) is 41.2. The fourth-order valence-corrected chi connectivity index (χ4v) is 11.0. The molecule has 0 bridgehead atoms. The molecule has 0 radical (unpaired) electrons. The van der Waals surface area contributed by atoms with Crippen LogP contribution < -0.4 is 5.32 Å². The van der Waals surface area contributed by atoms with Gasteiger partial charge in [0.25, 0.3) is 0 Å². The zero-order valence-corrected chi connectivity index (χ0v) is 54.5. The van der Waals surface area contributed by atoms with Crippen molar-refractivity contribution in [2.45, 2.75) is 378 Å². The summed E-state index contributed by atoms with van der Waals surface area (Å²) in [6.45, 7) is 5.79. The van der Waals surface area contributed by atoms with Crippen molar-refractivity contribution in [2.75, 3.05) is 13.2 Å². The van der Waals surface area contributed by atoms with E-state index in [1.165, 1.54) is 199 Å². The molecule has 0 aromatic rings. The zero-order chi connectivity index (χ0) is 61.0. The van der Waals surface area contributed by atoms with Crippen LogP contribution in [0.3, 0.4) is 0 Å². The van der Waals surface area contributed by atoms with Crippen molar-refractivity contribution in [3.63, 3.8) is 0 Å². The van der Waals surface area contributed by atoms with Gasteiger partial charge in [-0.2, -0.15) is 0 Å². The molecule has 8 unspecified atom stereocenters. The molecule has 1 rings (SSSR count). The molecule has 1 aliphatic heterocycles. The van der Waals surface area contributed by atoms with Crippen molar-refractivity contribution < 1.29 is 49.3 Å². The van der Waals surface area contributed by atoms with Crippen molar-refractivity contribution in [1.82, 2.24) is 5.32 Å². The number of aliphatic hydroxyl groups is 5. The number of unbranched alkanes of at least 4 members (excludes halogenated alkanes) is 39. The number of carbonyl (C=O) groups excluding carboxylic acids is 2. The molecule has 1 aliphatic rings. The molecule has 11 heteroatoms. The van der Waals surface area contributed by atoms with E-state index in [4.69, 9.17) is 14.2 Å². The minimum absolute atomic E-state index is 0.119. The van der Waals surface area contributed by atoms with Gasteiger partial charge >= 0.3 is 5.97 Å². The molecule has 11 nitrogen and oxygen atoms in total. The maximum Gasteiger partial charge on any atom is 0.306 e. The highest BCUT2D eigenvalue weighted by Crippen LogP contribution is 2.26. The smallest absolute Gasteiger partial charge is 0.306 e. The van der Waals surface area contributed by atoms with E-state index in [2.05, 4.69) is 74.7 Å². The van der Waals surface area contributed by atoms with E-state index in [1.54, 1.807) is 6.08 Å². The van der Waals surface area contributed by atoms with E-state index in [0.29, 0.717) is 19.3 Å². The number of carbonyl (C=O) groups is 2. The summed E-state index contributed by atoms with van der Waals surface area (Å²) in [5.74, 6) is -1.19. The second-order valence-electron chi connectivity index (χ2n) is 24.6. The minimum Gasteiger partial charge on any atom is -0.454 e. The van der Waals surface area contributed by atoms with Crippen LogP contribution in [-0.2, 0) is 23.8 Å². The Bertz CT molecular complexity index is 1600. The monoisotopic (exact) mass is 1180 g/mol. The number of rotatable bonds is 61. The van der Waals surface area contributed by atoms with Crippen molar-refractivity contribution in [3.05, 3.63) is 60.8 Å². The van der Waals surface area contributed by atoms with Gasteiger partial charge < -0.3 is 45.1 Å². The lowest BCUT2D eigenvalue weighted by Crippen LogP contribution is -2.61. The molecule has 0 spiro atoms. The summed E-state index contributed by atoms with van der Waals surface area (Å²) in [7, 11) is 0. The predicted octanol–water partition coefficient (Wildman–Crippen LogP) is 18.1. The lowest BCUT2D eigenvalue weighted by Gasteiger charge is -2.41. The normalized spacial score (nSPS) is 18.8. The Labute approximate surface area is 516 Å². The summed E-state index contributed by atoms with van der Waals surface area (Å²) < 4.78 is 17.7. The van der Waals surface area contributed by atoms with Crippen molar-refractivity contribution in [1.29, 1.82) is 0 Å². The lowest BCUT2D eigenvalue weighted by molar-refractivity contribution is -0.305. The standard InChI is InChI=1S/C73H133NO10/c1-4-7-10-13-16-19-22-25-27-29-30-31-32-33-34-35-36-37-39-40-42-45-48-51-54-57-60-66(77)72(81)74-64(65(76)59-56-53-50-47-44-24-21-18-15-12-9-6-3)63-82-73-71(70(80)69(79)67(62-75)83-73)84-68(78)61-58-55-52-49-46-43-41-38-28-26-23-20-17-14-11-8-5-2/h16,19,25-28,30-31,56,59,64-67,69-71,73,75-77,79-80H,4-15,17-18,20-24,29,32-55,57-58,60-63H2,1-3H3,(H,74,81)/b19-16-,27-25-,28-26+,31-30-,59-56+. The molecule has 84 heavy (non-hydrogen) atoms. The Balaban J connectivity index is 2.56. The van der Waals surface area contributed by atoms with Gasteiger partial charge in [-0.1, -0.05) is 293 Å². The summed E-state index contributed by atoms with van der Waals surface area (Å²) in [6, 6.07) is -1.03. The highest BCUT2D eigenvalue weighted by molar-refractivity contribution is 5.80. The Kier molecular flexibility index (Phi) is 57.3. The molecule has 0 saturated carbocycles. The number of ether oxygens (including phenoxy) is 3. The number of allylic oxidation sites excluding steroid dienone is 9. The third kappa shape index (κ3) is 47.4. The molecule has 6 N–H and O–H groups in total. The Morgan fingerprint density at radius 3 is 1.26 bits per heavy atom. The fourth-order valence-electron chi connectivity index (χ4n) is 11.0. The van der Waals surface area contributed by atoms with E-state index < -0.39 is 67.4 Å². The third-order valence-electron chi connectivity index (χ3n) is 16.6. The molecule has 1 amide bonds. The summed E-state index contributed by atoms with van der Waals surface area (Å²) in [6.07, 6.45) is 66.9. The SMILES string of the molecule is CCCCC/C=C\C/C=C\C/C=C\CCCCCCCCCCCCCCCC(O)C(=O)NC(COC1OC(CO)C(O)C(O)C1OC(=O)CCCCCCCCC/C=C/CCCCCCCC)C(O)/C=C/CCCCCCCCCCCC. The average Bonchev–Trinajstić information content (AvgIpc) is 3.67. The molecule has 8 atom stereocenters. The van der Waals surface area contributed by atoms with Crippen molar-refractivity contribution in [3.8, 4) is 0 Å². The summed E-state index contributed by atoms with van der Waals surface area (Å²) in [4.78, 5) is 26.7. The number of hydrogen-bond donors (Lipinski definition) is 6. The first-order valence-corrected chi connectivity index (χ1v) is 35.6. The van der Waals surface area contributed by atoms with Crippen LogP contribution in [0, 0.1) is 0 Å². The van der Waals surface area contributed by atoms with Gasteiger partial charge in [0.15, 0.2) is 12.4 Å². The van der Waals surface area contributed by atoms with Crippen LogP contribution in [0.4, 0.5) is 0 Å². The third-order valence-corrected chi connectivity index (χ3v) is 16.6. The van der Waals surface area contributed by atoms with Gasteiger partial charge in [0.05, 0.1) is 25.4 Å². The molecule has 0 aromatic heterocycles. The van der Waals surface area contributed by atoms with E-state index in [0.717, 1.165) is 83.5 Å². The average molecular weight is 1180 g/mol. The molecule has 1 saturated heterocycles. The Morgan fingerprint density at radius 2 is 0.821 bits per heavy atom. The topological polar surface area (TPSA) is 175 Å². The highest BCUT2D eigenvalue weighted by Gasteiger charge is 2.47. The van der Waals surface area contributed by atoms with Gasteiger partial charge in [-0.3, -0.25) is 9.59 Å². The van der Waals surface area contributed by atoms with Gasteiger partial charge in [-0.15, -0.1) is 0 Å². The molecule has 1 fully saturated rings. The summed E-state index contributed by atoms with van der Waals surface area (Å²) in [5.41, 5.74) is 0. The number of esters is 1. The minimum atomic E-state index is -1.62. The van der Waals surface area contributed by atoms with Crippen LogP contribution in [-0.4, -0.2) is 99.6 Å². The first kappa shape index (κ1) is 79.4. The van der Waals surface area contributed by atoms with Gasteiger partial charge in [0, 0.05) is 6.42 Å². The van der Waals surface area contributed by atoms with Crippen LogP contribution in [0.25, 0.3) is 0 Å². The Hall–Kier alpha value is -2.64. The van der Waals surface area contributed by atoms with Crippen LogP contribution >= 0.6 is 0 Å². The van der Waals surface area contributed by atoms with Gasteiger partial charge in [-0.05, 0) is 89.9 Å². The van der Waals surface area contributed by atoms with Crippen molar-refractivity contribution >= 4 is 11.9 Å². The molecule has 0 aromatic carbocycles. The van der Waals surface area contributed by atoms with Gasteiger partial charge in [-0.25, -0.2) is 0 Å². The van der Waals surface area contributed by atoms with E-state index in [-0.39, 0.29) is 13.0 Å². The molecular weight excluding hydrogens is 1050 g/mol. The molecule has 490 valence electrons. The predicted molar refractivity (Wildman–Crippen MR) is 352 cm³/mol. The second kappa shape index (κ2) is 60.6. The molecule has 1 heterocycles. The van der Waals surface area contributed by atoms with Crippen LogP contribution in [0.5, 0.6) is 0 Å². The number of amides is 1. The number of hydrogen-bond acceptors (Lipinski definition) is 10. The highest BCUT2D eigenvalue weighted by atomic mass is 16.7. The number of aliphatic hydroxyl groups excluding tert-OH is 5. The van der Waals surface area contributed by atoms with Crippen LogP contribution in [0.15, 0.2) is 60.8 Å².